The fourth-order valence-electron chi connectivity index (χ4n) is 0.778. The molecule has 0 atom stereocenters. The van der Waals surface area contributed by atoms with Gasteiger partial charge in [-0.1, -0.05) is 0 Å². The van der Waals surface area contributed by atoms with Gasteiger partial charge in [0.15, 0.2) is 0 Å². The molecule has 1 aromatic heterocycles. The Kier molecular flexibility index (Phi) is 3.19. The van der Waals surface area contributed by atoms with Gasteiger partial charge < -0.3 is 4.79 Å². The van der Waals surface area contributed by atoms with Crippen molar-refractivity contribution in [3.63, 3.8) is 0 Å². The molecule has 0 radical (unpaired) electrons. The second-order valence-electron chi connectivity index (χ2n) is 2.33. The standard InChI is InChI=1S/C7H10N2OS/c1-9(2-3-10)5-7-4-8-6-11-7/h3-4,6H,2,5H2,1H3. The van der Waals surface area contributed by atoms with E-state index in [1.54, 1.807) is 16.8 Å². The zero-order valence-corrected chi connectivity index (χ0v) is 7.17. The van der Waals surface area contributed by atoms with E-state index in [-0.39, 0.29) is 0 Å². The Morgan fingerprint density at radius 1 is 1.82 bits per heavy atom. The van der Waals surface area contributed by atoms with E-state index in [9.17, 15) is 4.79 Å². The molecule has 0 spiro atoms. The summed E-state index contributed by atoms with van der Waals surface area (Å²) >= 11 is 1.61. The number of hydrogen-bond acceptors (Lipinski definition) is 4. The summed E-state index contributed by atoms with van der Waals surface area (Å²) in [5.74, 6) is 0. The van der Waals surface area contributed by atoms with Crippen LogP contribution in [0, 0.1) is 0 Å². The van der Waals surface area contributed by atoms with Crippen molar-refractivity contribution in [1.82, 2.24) is 9.88 Å². The van der Waals surface area contributed by atoms with Crippen LogP contribution in [0.3, 0.4) is 0 Å². The zero-order chi connectivity index (χ0) is 8.10. The molecule has 0 aromatic carbocycles. The fraction of sp³-hybridized carbons (Fsp3) is 0.429. The van der Waals surface area contributed by atoms with Crippen LogP contribution in [0.5, 0.6) is 0 Å². The molecular formula is C7H10N2OS. The maximum absolute atomic E-state index is 10.1. The Labute approximate surface area is 69.7 Å². The summed E-state index contributed by atoms with van der Waals surface area (Å²) in [6.45, 7) is 1.29. The van der Waals surface area contributed by atoms with Crippen molar-refractivity contribution in [1.29, 1.82) is 0 Å². The third kappa shape index (κ3) is 2.78. The number of thiazole rings is 1. The Balaban J connectivity index is 2.37. The number of hydrogen-bond donors (Lipinski definition) is 0. The average molecular weight is 170 g/mol. The lowest BCUT2D eigenvalue weighted by Gasteiger charge is -2.09. The van der Waals surface area contributed by atoms with E-state index in [1.807, 2.05) is 18.1 Å². The van der Waals surface area contributed by atoms with Crippen LogP contribution in [-0.2, 0) is 11.3 Å². The van der Waals surface area contributed by atoms with Crippen LogP contribution in [0.1, 0.15) is 4.88 Å². The van der Waals surface area contributed by atoms with E-state index < -0.39 is 0 Å². The van der Waals surface area contributed by atoms with Gasteiger partial charge in [-0.15, -0.1) is 11.3 Å². The summed E-state index contributed by atoms with van der Waals surface area (Å²) < 4.78 is 0. The first-order valence-corrected chi connectivity index (χ1v) is 4.20. The summed E-state index contributed by atoms with van der Waals surface area (Å²) in [7, 11) is 1.91. The molecule has 60 valence electrons. The van der Waals surface area contributed by atoms with Crippen LogP contribution >= 0.6 is 11.3 Å². The second-order valence-corrected chi connectivity index (χ2v) is 3.30. The summed E-state index contributed by atoms with van der Waals surface area (Å²) in [4.78, 5) is 17.2. The minimum atomic E-state index is 0.484. The molecule has 1 heterocycles. The second kappa shape index (κ2) is 4.20. The van der Waals surface area contributed by atoms with Gasteiger partial charge in [-0.05, 0) is 7.05 Å². The minimum Gasteiger partial charge on any atom is -0.302 e. The molecule has 0 bridgehead atoms. The lowest BCUT2D eigenvalue weighted by atomic mass is 10.5. The van der Waals surface area contributed by atoms with Crippen LogP contribution < -0.4 is 0 Å². The minimum absolute atomic E-state index is 0.484. The first-order chi connectivity index (χ1) is 5.33. The van der Waals surface area contributed by atoms with Crippen molar-refractivity contribution < 1.29 is 4.79 Å². The highest BCUT2D eigenvalue weighted by atomic mass is 32.1. The SMILES string of the molecule is CN(CC=O)Cc1cncs1. The Morgan fingerprint density at radius 2 is 2.64 bits per heavy atom. The highest BCUT2D eigenvalue weighted by Gasteiger charge is 1.99. The molecule has 11 heavy (non-hydrogen) atoms. The number of aromatic nitrogens is 1. The normalized spacial score (nSPS) is 10.4. The fourth-order valence-corrected chi connectivity index (χ4v) is 1.45. The van der Waals surface area contributed by atoms with Gasteiger partial charge in [0.25, 0.3) is 0 Å². The lowest BCUT2D eigenvalue weighted by Crippen LogP contribution is -2.19. The van der Waals surface area contributed by atoms with Crippen molar-refractivity contribution in [2.75, 3.05) is 13.6 Å². The first kappa shape index (κ1) is 8.36. The predicted octanol–water partition coefficient (Wildman–Crippen LogP) is 0.774. The third-order valence-electron chi connectivity index (χ3n) is 1.30. The molecule has 0 N–H and O–H groups in total. The summed E-state index contributed by atoms with van der Waals surface area (Å²) in [6.07, 6.45) is 2.73. The number of aldehydes is 1. The average Bonchev–Trinajstić information content (AvgIpc) is 2.40. The first-order valence-electron chi connectivity index (χ1n) is 3.32. The molecule has 0 saturated carbocycles. The highest BCUT2D eigenvalue weighted by molar-refractivity contribution is 7.09. The number of rotatable bonds is 4. The number of nitrogens with zero attached hydrogens (tertiary/aromatic N) is 2. The molecule has 1 aromatic rings. The van der Waals surface area contributed by atoms with Crippen LogP contribution in [0.25, 0.3) is 0 Å². The summed E-state index contributed by atoms with van der Waals surface area (Å²) in [5, 5.41) is 0. The van der Waals surface area contributed by atoms with E-state index in [2.05, 4.69) is 4.98 Å². The molecule has 0 aliphatic carbocycles. The molecule has 3 nitrogen and oxygen atoms in total. The van der Waals surface area contributed by atoms with Gasteiger partial charge in [0.1, 0.15) is 6.29 Å². The maximum atomic E-state index is 10.1. The Hall–Kier alpha value is -0.740. The van der Waals surface area contributed by atoms with Gasteiger partial charge in [0.2, 0.25) is 0 Å². The quantitative estimate of drug-likeness (QED) is 0.626. The van der Waals surface area contributed by atoms with Gasteiger partial charge in [0, 0.05) is 17.6 Å². The van der Waals surface area contributed by atoms with Crippen molar-refractivity contribution >= 4 is 17.6 Å². The van der Waals surface area contributed by atoms with E-state index in [0.29, 0.717) is 6.54 Å². The molecule has 1 rings (SSSR count). The molecule has 4 heteroatoms. The number of carbonyl (C=O) groups excluding carboxylic acids is 1. The zero-order valence-electron chi connectivity index (χ0n) is 6.36. The van der Waals surface area contributed by atoms with Crippen LogP contribution in [0.15, 0.2) is 11.7 Å². The van der Waals surface area contributed by atoms with Crippen LogP contribution in [0.2, 0.25) is 0 Å². The van der Waals surface area contributed by atoms with Crippen molar-refractivity contribution in [2.45, 2.75) is 6.54 Å². The number of likely N-dealkylation sites (N-methyl/N-ethyl adjacent to an activating group) is 1. The largest absolute Gasteiger partial charge is 0.302 e. The molecule has 0 aliphatic rings. The van der Waals surface area contributed by atoms with Crippen LogP contribution in [-0.4, -0.2) is 29.8 Å². The number of carbonyl (C=O) groups is 1. The van der Waals surface area contributed by atoms with E-state index >= 15 is 0 Å². The van der Waals surface area contributed by atoms with Crippen molar-refractivity contribution in [3.8, 4) is 0 Å². The maximum Gasteiger partial charge on any atom is 0.133 e. The smallest absolute Gasteiger partial charge is 0.133 e. The van der Waals surface area contributed by atoms with Gasteiger partial charge in [-0.3, -0.25) is 9.88 Å². The van der Waals surface area contributed by atoms with Crippen molar-refractivity contribution in [2.24, 2.45) is 0 Å². The van der Waals surface area contributed by atoms with E-state index in [1.165, 1.54) is 4.88 Å². The predicted molar refractivity (Wildman–Crippen MR) is 44.5 cm³/mol. The summed E-state index contributed by atoms with van der Waals surface area (Å²) in [6, 6.07) is 0. The molecular weight excluding hydrogens is 160 g/mol. The molecule has 0 saturated heterocycles. The van der Waals surface area contributed by atoms with Crippen molar-refractivity contribution in [3.05, 3.63) is 16.6 Å². The van der Waals surface area contributed by atoms with Gasteiger partial charge in [-0.2, -0.15) is 0 Å². The van der Waals surface area contributed by atoms with Gasteiger partial charge in [-0.25, -0.2) is 0 Å². The Bertz CT molecular complexity index is 210. The molecule has 0 fully saturated rings. The molecule has 0 aliphatic heterocycles. The third-order valence-corrected chi connectivity index (χ3v) is 2.06. The topological polar surface area (TPSA) is 33.2 Å². The monoisotopic (exact) mass is 170 g/mol. The van der Waals surface area contributed by atoms with Gasteiger partial charge in [0.05, 0.1) is 12.1 Å². The van der Waals surface area contributed by atoms with Gasteiger partial charge >= 0.3 is 0 Å². The molecule has 0 amide bonds. The molecule has 0 unspecified atom stereocenters. The lowest BCUT2D eigenvalue weighted by molar-refractivity contribution is -0.108. The summed E-state index contributed by atoms with van der Waals surface area (Å²) in [5.41, 5.74) is 1.80. The van der Waals surface area contributed by atoms with Crippen LogP contribution in [0.4, 0.5) is 0 Å². The highest BCUT2D eigenvalue weighted by Crippen LogP contribution is 2.07. The van der Waals surface area contributed by atoms with E-state index in [0.717, 1.165) is 12.8 Å². The van der Waals surface area contributed by atoms with E-state index in [4.69, 9.17) is 0 Å². The Morgan fingerprint density at radius 3 is 3.18 bits per heavy atom.